The van der Waals surface area contributed by atoms with Gasteiger partial charge in [-0.2, -0.15) is 0 Å². The van der Waals surface area contributed by atoms with Gasteiger partial charge < -0.3 is 9.88 Å². The summed E-state index contributed by atoms with van der Waals surface area (Å²) in [4.78, 5) is 6.88. The van der Waals surface area contributed by atoms with Gasteiger partial charge in [-0.25, -0.2) is 4.98 Å². The summed E-state index contributed by atoms with van der Waals surface area (Å²) in [5.74, 6) is 0. The summed E-state index contributed by atoms with van der Waals surface area (Å²) in [5, 5.41) is 3.46. The van der Waals surface area contributed by atoms with Crippen LogP contribution in [0.4, 0.5) is 0 Å². The summed E-state index contributed by atoms with van der Waals surface area (Å²) in [6.07, 6.45) is 6.62. The molecule has 4 heteroatoms. The summed E-state index contributed by atoms with van der Waals surface area (Å²) in [5.41, 5.74) is 1.30. The zero-order chi connectivity index (χ0) is 13.0. The SMILES string of the molecule is CCN1CCCC1Cn1cncc1CNC(C)C. The number of nitrogens with zero attached hydrogens (tertiary/aromatic N) is 3. The number of likely N-dealkylation sites (tertiary alicyclic amines) is 1. The first-order valence-corrected chi connectivity index (χ1v) is 7.17. The quantitative estimate of drug-likeness (QED) is 0.836. The topological polar surface area (TPSA) is 33.1 Å². The van der Waals surface area contributed by atoms with Crippen molar-refractivity contribution >= 4 is 0 Å². The fourth-order valence-electron chi connectivity index (χ4n) is 2.71. The van der Waals surface area contributed by atoms with Crippen LogP contribution in [0.2, 0.25) is 0 Å². The molecule has 0 amide bonds. The van der Waals surface area contributed by atoms with E-state index in [0.29, 0.717) is 12.1 Å². The summed E-state index contributed by atoms with van der Waals surface area (Å²) < 4.78 is 2.31. The molecule has 1 saturated heterocycles. The Bertz CT molecular complexity index is 358. The number of aromatic nitrogens is 2. The van der Waals surface area contributed by atoms with Crippen LogP contribution in [0.15, 0.2) is 12.5 Å². The van der Waals surface area contributed by atoms with E-state index in [2.05, 4.69) is 40.5 Å². The smallest absolute Gasteiger partial charge is 0.0949 e. The minimum Gasteiger partial charge on any atom is -0.332 e. The Labute approximate surface area is 110 Å². The maximum absolute atomic E-state index is 4.30. The molecule has 0 saturated carbocycles. The summed E-state index contributed by atoms with van der Waals surface area (Å²) >= 11 is 0. The first-order chi connectivity index (χ1) is 8.70. The monoisotopic (exact) mass is 250 g/mol. The third-order valence-corrected chi connectivity index (χ3v) is 3.80. The lowest BCUT2D eigenvalue weighted by Gasteiger charge is -2.24. The number of likely N-dealkylation sites (N-methyl/N-ethyl adjacent to an activating group) is 1. The fourth-order valence-corrected chi connectivity index (χ4v) is 2.71. The Morgan fingerprint density at radius 3 is 3.06 bits per heavy atom. The highest BCUT2D eigenvalue weighted by Crippen LogP contribution is 2.18. The van der Waals surface area contributed by atoms with Gasteiger partial charge in [0, 0.05) is 31.4 Å². The first kappa shape index (κ1) is 13.6. The molecule has 1 atom stereocenters. The molecule has 1 unspecified atom stereocenters. The molecule has 2 rings (SSSR count). The van der Waals surface area contributed by atoms with E-state index in [0.717, 1.165) is 13.1 Å². The zero-order valence-corrected chi connectivity index (χ0v) is 11.9. The van der Waals surface area contributed by atoms with E-state index in [1.54, 1.807) is 0 Å². The normalized spacial score (nSPS) is 21.0. The fraction of sp³-hybridized carbons (Fsp3) is 0.786. The summed E-state index contributed by atoms with van der Waals surface area (Å²) in [7, 11) is 0. The maximum Gasteiger partial charge on any atom is 0.0949 e. The van der Waals surface area contributed by atoms with Crippen molar-refractivity contribution in [2.75, 3.05) is 13.1 Å². The lowest BCUT2D eigenvalue weighted by molar-refractivity contribution is 0.242. The summed E-state index contributed by atoms with van der Waals surface area (Å²) in [6, 6.07) is 1.22. The molecule has 0 bridgehead atoms. The summed E-state index contributed by atoms with van der Waals surface area (Å²) in [6.45, 7) is 11.0. The van der Waals surface area contributed by atoms with Crippen molar-refractivity contribution in [3.8, 4) is 0 Å². The van der Waals surface area contributed by atoms with Crippen molar-refractivity contribution in [1.29, 1.82) is 0 Å². The average molecular weight is 250 g/mol. The van der Waals surface area contributed by atoms with Crippen LogP contribution < -0.4 is 5.32 Å². The molecule has 1 aromatic heterocycles. The van der Waals surface area contributed by atoms with Gasteiger partial charge in [0.2, 0.25) is 0 Å². The van der Waals surface area contributed by atoms with E-state index in [4.69, 9.17) is 0 Å². The van der Waals surface area contributed by atoms with Gasteiger partial charge in [0.15, 0.2) is 0 Å². The van der Waals surface area contributed by atoms with E-state index in [9.17, 15) is 0 Å². The molecule has 18 heavy (non-hydrogen) atoms. The largest absolute Gasteiger partial charge is 0.332 e. The maximum atomic E-state index is 4.30. The highest BCUT2D eigenvalue weighted by Gasteiger charge is 2.23. The second-order valence-corrected chi connectivity index (χ2v) is 5.50. The molecule has 2 heterocycles. The molecule has 1 fully saturated rings. The Kier molecular flexibility index (Phi) is 4.78. The van der Waals surface area contributed by atoms with E-state index in [1.807, 2.05) is 12.5 Å². The Balaban J connectivity index is 1.94. The first-order valence-electron chi connectivity index (χ1n) is 7.17. The van der Waals surface area contributed by atoms with Crippen LogP contribution in [-0.4, -0.2) is 39.6 Å². The van der Waals surface area contributed by atoms with Gasteiger partial charge in [-0.1, -0.05) is 20.8 Å². The minimum atomic E-state index is 0.520. The predicted octanol–water partition coefficient (Wildman–Crippen LogP) is 1.87. The Hall–Kier alpha value is -0.870. The molecule has 1 N–H and O–H groups in total. The van der Waals surface area contributed by atoms with Gasteiger partial charge in [-0.15, -0.1) is 0 Å². The van der Waals surface area contributed by atoms with Crippen molar-refractivity contribution < 1.29 is 0 Å². The number of hydrogen-bond donors (Lipinski definition) is 1. The third kappa shape index (κ3) is 3.33. The van der Waals surface area contributed by atoms with Crippen molar-refractivity contribution in [1.82, 2.24) is 19.8 Å². The molecular formula is C14H26N4. The predicted molar refractivity (Wildman–Crippen MR) is 74.5 cm³/mol. The zero-order valence-electron chi connectivity index (χ0n) is 11.9. The molecule has 0 aromatic carbocycles. The molecule has 102 valence electrons. The van der Waals surface area contributed by atoms with Crippen LogP contribution in [0.1, 0.15) is 39.3 Å². The Morgan fingerprint density at radius 2 is 2.33 bits per heavy atom. The van der Waals surface area contributed by atoms with Crippen LogP contribution in [0.3, 0.4) is 0 Å². The van der Waals surface area contributed by atoms with Crippen LogP contribution in [0.25, 0.3) is 0 Å². The third-order valence-electron chi connectivity index (χ3n) is 3.80. The number of hydrogen-bond acceptors (Lipinski definition) is 3. The van der Waals surface area contributed by atoms with Gasteiger partial charge in [0.05, 0.1) is 12.0 Å². The van der Waals surface area contributed by atoms with Crippen molar-refractivity contribution in [2.45, 2.75) is 58.8 Å². The van der Waals surface area contributed by atoms with E-state index in [-0.39, 0.29) is 0 Å². The van der Waals surface area contributed by atoms with E-state index >= 15 is 0 Å². The molecule has 4 nitrogen and oxygen atoms in total. The van der Waals surface area contributed by atoms with Crippen LogP contribution in [0.5, 0.6) is 0 Å². The highest BCUT2D eigenvalue weighted by molar-refractivity contribution is 4.99. The van der Waals surface area contributed by atoms with Crippen LogP contribution in [-0.2, 0) is 13.1 Å². The molecule has 1 aliphatic rings. The number of imidazole rings is 1. The van der Waals surface area contributed by atoms with E-state index in [1.165, 1.54) is 31.6 Å². The molecule has 0 spiro atoms. The van der Waals surface area contributed by atoms with Crippen molar-refractivity contribution in [2.24, 2.45) is 0 Å². The Morgan fingerprint density at radius 1 is 1.50 bits per heavy atom. The van der Waals surface area contributed by atoms with Crippen molar-refractivity contribution in [3.05, 3.63) is 18.2 Å². The highest BCUT2D eigenvalue weighted by atomic mass is 15.2. The van der Waals surface area contributed by atoms with E-state index < -0.39 is 0 Å². The van der Waals surface area contributed by atoms with Crippen molar-refractivity contribution in [3.63, 3.8) is 0 Å². The van der Waals surface area contributed by atoms with Crippen LogP contribution >= 0.6 is 0 Å². The van der Waals surface area contributed by atoms with Crippen LogP contribution in [0, 0.1) is 0 Å². The molecule has 1 aliphatic heterocycles. The number of nitrogens with one attached hydrogen (secondary N) is 1. The standard InChI is InChI=1S/C14H26N4/c1-4-17-7-5-6-13(17)10-18-11-15-8-14(18)9-16-12(2)3/h8,11-13,16H,4-7,9-10H2,1-3H3. The lowest BCUT2D eigenvalue weighted by atomic mass is 10.2. The molecule has 0 radical (unpaired) electrons. The second kappa shape index (κ2) is 6.34. The molecule has 0 aliphatic carbocycles. The second-order valence-electron chi connectivity index (χ2n) is 5.50. The van der Waals surface area contributed by atoms with Gasteiger partial charge in [0.1, 0.15) is 0 Å². The average Bonchev–Trinajstić information content (AvgIpc) is 2.96. The van der Waals surface area contributed by atoms with Gasteiger partial charge in [-0.05, 0) is 25.9 Å². The molecular weight excluding hydrogens is 224 g/mol. The van der Waals surface area contributed by atoms with Gasteiger partial charge in [0.25, 0.3) is 0 Å². The van der Waals surface area contributed by atoms with Gasteiger partial charge in [-0.3, -0.25) is 4.90 Å². The molecule has 1 aromatic rings. The van der Waals surface area contributed by atoms with Gasteiger partial charge >= 0.3 is 0 Å². The lowest BCUT2D eigenvalue weighted by Crippen LogP contribution is -2.33. The minimum absolute atomic E-state index is 0.520. The number of rotatable bonds is 6.